The van der Waals surface area contributed by atoms with E-state index in [9.17, 15) is 9.59 Å². The highest BCUT2D eigenvalue weighted by molar-refractivity contribution is 9.10. The average Bonchev–Trinajstić information content (AvgIpc) is 2.48. The van der Waals surface area contributed by atoms with E-state index >= 15 is 0 Å². The monoisotopic (exact) mass is 333 g/mol. The van der Waals surface area contributed by atoms with Gasteiger partial charge < -0.3 is 10.1 Å². The fourth-order valence-electron chi connectivity index (χ4n) is 1.60. The van der Waals surface area contributed by atoms with Crippen LogP contribution in [-0.4, -0.2) is 18.8 Å². The number of hydrogen-bond acceptors (Lipinski definition) is 3. The predicted octanol–water partition coefficient (Wildman–Crippen LogP) is 3.28. The Morgan fingerprint density at radius 1 is 1.15 bits per heavy atom. The van der Waals surface area contributed by atoms with Gasteiger partial charge in [-0.05, 0) is 40.2 Å². The van der Waals surface area contributed by atoms with Crippen molar-refractivity contribution in [1.29, 1.82) is 0 Å². The zero-order chi connectivity index (χ0) is 14.4. The molecule has 2 aromatic rings. The van der Waals surface area contributed by atoms with Crippen LogP contribution in [0.1, 0.15) is 10.4 Å². The van der Waals surface area contributed by atoms with Gasteiger partial charge >= 0.3 is 0 Å². The van der Waals surface area contributed by atoms with Crippen LogP contribution < -0.4 is 10.1 Å². The smallest absolute Gasteiger partial charge is 0.262 e. The van der Waals surface area contributed by atoms with Crippen molar-refractivity contribution in [2.45, 2.75) is 0 Å². The van der Waals surface area contributed by atoms with Gasteiger partial charge in [0.25, 0.3) is 5.91 Å². The summed E-state index contributed by atoms with van der Waals surface area (Å²) in [4.78, 5) is 22.6. The maximum absolute atomic E-state index is 11.8. The van der Waals surface area contributed by atoms with Gasteiger partial charge in [-0.15, -0.1) is 0 Å². The minimum atomic E-state index is -0.294. The number of benzene rings is 2. The molecule has 102 valence electrons. The molecule has 0 unspecified atom stereocenters. The zero-order valence-electron chi connectivity index (χ0n) is 10.5. The minimum absolute atomic E-state index is 0.161. The van der Waals surface area contributed by atoms with Crippen LogP contribution in [0.4, 0.5) is 5.69 Å². The fraction of sp³-hybridized carbons (Fsp3) is 0.0667. The van der Waals surface area contributed by atoms with Crippen molar-refractivity contribution in [3.05, 3.63) is 58.6 Å². The molecule has 0 atom stereocenters. The van der Waals surface area contributed by atoms with Crippen LogP contribution in [0.2, 0.25) is 0 Å². The molecule has 5 heteroatoms. The molecule has 0 spiro atoms. The van der Waals surface area contributed by atoms with Gasteiger partial charge in [-0.2, -0.15) is 0 Å². The standard InChI is InChI=1S/C15H12BrNO3/c16-12-6-2-3-7-13(12)17-15(19)10-20-14-8-4-1-5-11(14)9-18/h1-9H,10H2,(H,17,19). The molecule has 0 aliphatic carbocycles. The molecule has 1 N–H and O–H groups in total. The van der Waals surface area contributed by atoms with Gasteiger partial charge in [0.05, 0.1) is 11.3 Å². The van der Waals surface area contributed by atoms with E-state index in [0.29, 0.717) is 23.3 Å². The normalized spacial score (nSPS) is 9.85. The average molecular weight is 334 g/mol. The molecule has 0 fully saturated rings. The summed E-state index contributed by atoms with van der Waals surface area (Å²) in [5, 5.41) is 2.72. The second-order valence-electron chi connectivity index (χ2n) is 3.97. The van der Waals surface area contributed by atoms with E-state index in [4.69, 9.17) is 4.74 Å². The van der Waals surface area contributed by atoms with Crippen LogP contribution in [0.25, 0.3) is 0 Å². The molecule has 0 radical (unpaired) electrons. The van der Waals surface area contributed by atoms with E-state index in [2.05, 4.69) is 21.2 Å². The number of rotatable bonds is 5. The van der Waals surface area contributed by atoms with Crippen molar-refractivity contribution in [3.8, 4) is 5.75 Å². The first-order chi connectivity index (χ1) is 9.70. The molecule has 20 heavy (non-hydrogen) atoms. The second-order valence-corrected chi connectivity index (χ2v) is 4.83. The highest BCUT2D eigenvalue weighted by atomic mass is 79.9. The summed E-state index contributed by atoms with van der Waals surface area (Å²) in [5.41, 5.74) is 1.09. The lowest BCUT2D eigenvalue weighted by atomic mass is 10.2. The maximum Gasteiger partial charge on any atom is 0.262 e. The first kappa shape index (κ1) is 14.3. The first-order valence-corrected chi connectivity index (χ1v) is 6.71. The number of nitrogens with one attached hydrogen (secondary N) is 1. The minimum Gasteiger partial charge on any atom is -0.483 e. The molecule has 0 saturated heterocycles. The second kappa shape index (κ2) is 6.86. The van der Waals surface area contributed by atoms with E-state index in [1.54, 1.807) is 30.3 Å². The largest absolute Gasteiger partial charge is 0.483 e. The molecule has 0 bridgehead atoms. The summed E-state index contributed by atoms with van der Waals surface area (Å²) in [6, 6.07) is 14.0. The van der Waals surface area contributed by atoms with Crippen molar-refractivity contribution < 1.29 is 14.3 Å². The van der Waals surface area contributed by atoms with Gasteiger partial charge in [-0.3, -0.25) is 9.59 Å². The molecular formula is C15H12BrNO3. The van der Waals surface area contributed by atoms with Crippen molar-refractivity contribution in [2.75, 3.05) is 11.9 Å². The molecule has 0 saturated carbocycles. The Labute approximate surface area is 124 Å². The summed E-state index contributed by atoms with van der Waals surface area (Å²) in [6.45, 7) is -0.161. The van der Waals surface area contributed by atoms with Crippen LogP contribution in [0.3, 0.4) is 0 Å². The highest BCUT2D eigenvalue weighted by Crippen LogP contribution is 2.21. The topological polar surface area (TPSA) is 55.4 Å². The SMILES string of the molecule is O=Cc1ccccc1OCC(=O)Nc1ccccc1Br. The van der Waals surface area contributed by atoms with Gasteiger partial charge in [0.1, 0.15) is 5.75 Å². The number of halogens is 1. The van der Waals surface area contributed by atoms with Crippen LogP contribution in [0.5, 0.6) is 5.75 Å². The Morgan fingerprint density at radius 3 is 2.60 bits per heavy atom. The Balaban J connectivity index is 1.96. The van der Waals surface area contributed by atoms with Gasteiger partial charge in [0.2, 0.25) is 0 Å². The predicted molar refractivity (Wildman–Crippen MR) is 80.1 cm³/mol. The van der Waals surface area contributed by atoms with E-state index < -0.39 is 0 Å². The highest BCUT2D eigenvalue weighted by Gasteiger charge is 2.07. The lowest BCUT2D eigenvalue weighted by Crippen LogP contribution is -2.20. The summed E-state index contributed by atoms with van der Waals surface area (Å²) in [5.74, 6) is 0.0994. The lowest BCUT2D eigenvalue weighted by Gasteiger charge is -2.09. The Kier molecular flexibility index (Phi) is 4.90. The van der Waals surface area contributed by atoms with E-state index in [-0.39, 0.29) is 12.5 Å². The van der Waals surface area contributed by atoms with E-state index in [1.165, 1.54) is 0 Å². The molecule has 4 nitrogen and oxygen atoms in total. The van der Waals surface area contributed by atoms with Crippen molar-refractivity contribution in [1.82, 2.24) is 0 Å². The first-order valence-electron chi connectivity index (χ1n) is 5.92. The van der Waals surface area contributed by atoms with Gasteiger partial charge in [-0.25, -0.2) is 0 Å². The number of aldehydes is 1. The number of para-hydroxylation sites is 2. The summed E-state index contributed by atoms with van der Waals surface area (Å²) >= 11 is 3.34. The molecule has 0 heterocycles. The van der Waals surface area contributed by atoms with Crippen molar-refractivity contribution >= 4 is 33.8 Å². The summed E-state index contributed by atoms with van der Waals surface area (Å²) < 4.78 is 6.14. The third kappa shape index (κ3) is 3.68. The molecule has 2 aromatic carbocycles. The molecular weight excluding hydrogens is 322 g/mol. The van der Waals surface area contributed by atoms with Gasteiger partial charge in [0, 0.05) is 4.47 Å². The Morgan fingerprint density at radius 2 is 1.85 bits per heavy atom. The lowest BCUT2D eigenvalue weighted by molar-refractivity contribution is -0.118. The van der Waals surface area contributed by atoms with Crippen LogP contribution in [-0.2, 0) is 4.79 Å². The molecule has 0 aliphatic heterocycles. The molecule has 0 aromatic heterocycles. The quantitative estimate of drug-likeness (QED) is 0.854. The Bertz CT molecular complexity index is 628. The number of anilines is 1. The summed E-state index contributed by atoms with van der Waals surface area (Å²) in [6.07, 6.45) is 0.695. The molecule has 1 amide bonds. The third-order valence-electron chi connectivity index (χ3n) is 2.55. The number of ether oxygens (including phenoxy) is 1. The van der Waals surface area contributed by atoms with Crippen LogP contribution in [0.15, 0.2) is 53.0 Å². The van der Waals surface area contributed by atoms with E-state index in [0.717, 1.165) is 4.47 Å². The number of amides is 1. The maximum atomic E-state index is 11.8. The van der Waals surface area contributed by atoms with Crippen LogP contribution >= 0.6 is 15.9 Å². The van der Waals surface area contributed by atoms with Crippen molar-refractivity contribution in [3.63, 3.8) is 0 Å². The van der Waals surface area contributed by atoms with Gasteiger partial charge in [-0.1, -0.05) is 24.3 Å². The third-order valence-corrected chi connectivity index (χ3v) is 3.24. The Hall–Kier alpha value is -2.14. The van der Waals surface area contributed by atoms with Gasteiger partial charge in [0.15, 0.2) is 12.9 Å². The molecule has 2 rings (SSSR count). The summed E-state index contributed by atoms with van der Waals surface area (Å²) in [7, 11) is 0. The number of carbonyl (C=O) groups excluding carboxylic acids is 2. The van der Waals surface area contributed by atoms with E-state index in [1.807, 2.05) is 18.2 Å². The van der Waals surface area contributed by atoms with Crippen molar-refractivity contribution in [2.24, 2.45) is 0 Å². The number of carbonyl (C=O) groups is 2. The number of hydrogen-bond donors (Lipinski definition) is 1. The fourth-order valence-corrected chi connectivity index (χ4v) is 1.99. The van der Waals surface area contributed by atoms with Crippen LogP contribution in [0, 0.1) is 0 Å². The molecule has 0 aliphatic rings. The zero-order valence-corrected chi connectivity index (χ0v) is 12.1.